The molecule has 0 aliphatic carbocycles. The fourth-order valence-electron chi connectivity index (χ4n) is 2.08. The van der Waals surface area contributed by atoms with Crippen LogP contribution in [0.15, 0.2) is 43.0 Å². The molecule has 1 aliphatic heterocycles. The minimum absolute atomic E-state index is 0.148. The summed E-state index contributed by atoms with van der Waals surface area (Å²) in [5.41, 5.74) is 1.29. The van der Waals surface area contributed by atoms with Gasteiger partial charge >= 0.3 is 0 Å². The molecule has 0 saturated carbocycles. The van der Waals surface area contributed by atoms with E-state index < -0.39 is 6.10 Å². The van der Waals surface area contributed by atoms with E-state index in [-0.39, 0.29) is 6.10 Å². The smallest absolute Gasteiger partial charge is 0.0996 e. The summed E-state index contributed by atoms with van der Waals surface area (Å²) in [6.45, 7) is 6.84. The quantitative estimate of drug-likeness (QED) is 0.799. The maximum Gasteiger partial charge on any atom is 0.0996 e. The van der Waals surface area contributed by atoms with E-state index in [1.165, 1.54) is 11.6 Å². The molecule has 0 amide bonds. The molecule has 1 saturated heterocycles. The number of aliphatic hydroxyl groups is 1. The second-order valence-corrected chi connectivity index (χ2v) is 4.36. The van der Waals surface area contributed by atoms with Crippen molar-refractivity contribution in [3.63, 3.8) is 0 Å². The SMILES string of the molecule is C=CC(O)C1CN(Cc2ccccc2)CCO1. The Morgan fingerprint density at radius 1 is 1.47 bits per heavy atom. The van der Waals surface area contributed by atoms with Crippen LogP contribution >= 0.6 is 0 Å². The maximum absolute atomic E-state index is 9.70. The van der Waals surface area contributed by atoms with E-state index in [4.69, 9.17) is 4.74 Å². The molecule has 1 N–H and O–H groups in total. The van der Waals surface area contributed by atoms with Gasteiger partial charge in [0.1, 0.15) is 0 Å². The third kappa shape index (κ3) is 3.40. The molecule has 1 aliphatic rings. The average Bonchev–Trinajstić information content (AvgIpc) is 2.39. The number of nitrogens with zero attached hydrogens (tertiary/aromatic N) is 1. The van der Waals surface area contributed by atoms with Crippen molar-refractivity contribution in [2.75, 3.05) is 19.7 Å². The average molecular weight is 233 g/mol. The van der Waals surface area contributed by atoms with Crippen LogP contribution in [0.4, 0.5) is 0 Å². The summed E-state index contributed by atoms with van der Waals surface area (Å²) in [4.78, 5) is 2.30. The monoisotopic (exact) mass is 233 g/mol. The van der Waals surface area contributed by atoms with Crippen molar-refractivity contribution in [2.24, 2.45) is 0 Å². The molecule has 3 heteroatoms. The Morgan fingerprint density at radius 2 is 2.24 bits per heavy atom. The first-order valence-electron chi connectivity index (χ1n) is 5.98. The highest BCUT2D eigenvalue weighted by atomic mass is 16.5. The summed E-state index contributed by atoms with van der Waals surface area (Å²) < 4.78 is 5.54. The van der Waals surface area contributed by atoms with Gasteiger partial charge in [0, 0.05) is 19.6 Å². The molecule has 2 atom stereocenters. The summed E-state index contributed by atoms with van der Waals surface area (Å²) in [6.07, 6.45) is 0.815. The van der Waals surface area contributed by atoms with Crippen molar-refractivity contribution in [3.05, 3.63) is 48.6 Å². The third-order valence-corrected chi connectivity index (χ3v) is 3.05. The molecule has 0 bridgehead atoms. The standard InChI is InChI=1S/C14H19NO2/c1-2-13(16)14-11-15(8-9-17-14)10-12-6-4-3-5-7-12/h2-7,13-14,16H,1,8-11H2. The number of aliphatic hydroxyl groups excluding tert-OH is 1. The van der Waals surface area contributed by atoms with Gasteiger partial charge in [-0.2, -0.15) is 0 Å². The number of ether oxygens (including phenoxy) is 1. The normalized spacial score (nSPS) is 23.2. The lowest BCUT2D eigenvalue weighted by Gasteiger charge is -2.34. The van der Waals surface area contributed by atoms with Gasteiger partial charge in [0.25, 0.3) is 0 Å². The zero-order valence-corrected chi connectivity index (χ0v) is 9.96. The van der Waals surface area contributed by atoms with E-state index >= 15 is 0 Å². The van der Waals surface area contributed by atoms with Gasteiger partial charge in [-0.05, 0) is 5.56 Å². The van der Waals surface area contributed by atoms with E-state index in [1.807, 2.05) is 18.2 Å². The summed E-state index contributed by atoms with van der Waals surface area (Å²) in [7, 11) is 0. The van der Waals surface area contributed by atoms with Gasteiger partial charge in [-0.3, -0.25) is 4.90 Å². The van der Waals surface area contributed by atoms with Gasteiger partial charge in [-0.25, -0.2) is 0 Å². The van der Waals surface area contributed by atoms with Crippen molar-refractivity contribution in [1.82, 2.24) is 4.90 Å². The van der Waals surface area contributed by atoms with Crippen LogP contribution in [0.2, 0.25) is 0 Å². The van der Waals surface area contributed by atoms with Crippen molar-refractivity contribution in [3.8, 4) is 0 Å². The highest BCUT2D eigenvalue weighted by Crippen LogP contribution is 2.13. The lowest BCUT2D eigenvalue weighted by atomic mass is 10.1. The van der Waals surface area contributed by atoms with Crippen LogP contribution in [-0.4, -0.2) is 41.9 Å². The van der Waals surface area contributed by atoms with Crippen molar-refractivity contribution < 1.29 is 9.84 Å². The molecule has 0 radical (unpaired) electrons. The van der Waals surface area contributed by atoms with E-state index in [9.17, 15) is 5.11 Å². The van der Waals surface area contributed by atoms with Crippen LogP contribution in [0, 0.1) is 0 Å². The highest BCUT2D eigenvalue weighted by Gasteiger charge is 2.24. The third-order valence-electron chi connectivity index (χ3n) is 3.05. The fraction of sp³-hybridized carbons (Fsp3) is 0.429. The molecule has 3 nitrogen and oxygen atoms in total. The molecular weight excluding hydrogens is 214 g/mol. The largest absolute Gasteiger partial charge is 0.386 e. The molecule has 1 aromatic rings. The van der Waals surface area contributed by atoms with Crippen LogP contribution in [-0.2, 0) is 11.3 Å². The molecule has 2 unspecified atom stereocenters. The molecular formula is C14H19NO2. The number of morpholine rings is 1. The Bertz CT molecular complexity index is 352. The molecule has 2 rings (SSSR count). The first-order chi connectivity index (χ1) is 8.29. The van der Waals surface area contributed by atoms with Crippen molar-refractivity contribution in [1.29, 1.82) is 0 Å². The summed E-state index contributed by atoms with van der Waals surface area (Å²) in [5, 5.41) is 9.70. The molecule has 1 aromatic carbocycles. The van der Waals surface area contributed by atoms with Gasteiger partial charge in [-0.15, -0.1) is 6.58 Å². The predicted molar refractivity (Wildman–Crippen MR) is 67.7 cm³/mol. The van der Waals surface area contributed by atoms with Crippen molar-refractivity contribution >= 4 is 0 Å². The molecule has 1 fully saturated rings. The second kappa shape index (κ2) is 5.96. The zero-order chi connectivity index (χ0) is 12.1. The minimum Gasteiger partial charge on any atom is -0.386 e. The fourth-order valence-corrected chi connectivity index (χ4v) is 2.08. The number of hydrogen-bond donors (Lipinski definition) is 1. The summed E-state index contributed by atoms with van der Waals surface area (Å²) >= 11 is 0. The van der Waals surface area contributed by atoms with E-state index in [0.29, 0.717) is 6.61 Å². The van der Waals surface area contributed by atoms with Crippen LogP contribution in [0.3, 0.4) is 0 Å². The first kappa shape index (κ1) is 12.3. The van der Waals surface area contributed by atoms with Gasteiger partial charge in [-0.1, -0.05) is 36.4 Å². The second-order valence-electron chi connectivity index (χ2n) is 4.36. The van der Waals surface area contributed by atoms with Crippen LogP contribution in [0.5, 0.6) is 0 Å². The number of hydrogen-bond acceptors (Lipinski definition) is 3. The van der Waals surface area contributed by atoms with Crippen LogP contribution < -0.4 is 0 Å². The topological polar surface area (TPSA) is 32.7 Å². The lowest BCUT2D eigenvalue weighted by Crippen LogP contribution is -2.46. The van der Waals surface area contributed by atoms with Gasteiger partial charge < -0.3 is 9.84 Å². The molecule has 0 spiro atoms. The van der Waals surface area contributed by atoms with Crippen LogP contribution in [0.25, 0.3) is 0 Å². The summed E-state index contributed by atoms with van der Waals surface area (Å²) in [6, 6.07) is 10.4. The molecule has 0 aromatic heterocycles. The number of rotatable bonds is 4. The minimum atomic E-state index is -0.575. The molecule has 1 heterocycles. The summed E-state index contributed by atoms with van der Waals surface area (Å²) in [5.74, 6) is 0. The number of benzene rings is 1. The van der Waals surface area contributed by atoms with Gasteiger partial charge in [0.05, 0.1) is 18.8 Å². The predicted octanol–water partition coefficient (Wildman–Crippen LogP) is 1.43. The molecule has 92 valence electrons. The highest BCUT2D eigenvalue weighted by molar-refractivity contribution is 5.14. The van der Waals surface area contributed by atoms with E-state index in [2.05, 4.69) is 23.6 Å². The van der Waals surface area contributed by atoms with E-state index in [0.717, 1.165) is 19.6 Å². The van der Waals surface area contributed by atoms with E-state index in [1.54, 1.807) is 0 Å². The van der Waals surface area contributed by atoms with Gasteiger partial charge in [0.2, 0.25) is 0 Å². The van der Waals surface area contributed by atoms with Crippen LogP contribution in [0.1, 0.15) is 5.56 Å². The molecule has 17 heavy (non-hydrogen) atoms. The Morgan fingerprint density at radius 3 is 2.94 bits per heavy atom. The first-order valence-corrected chi connectivity index (χ1v) is 5.98. The lowest BCUT2D eigenvalue weighted by molar-refractivity contribution is -0.0762. The zero-order valence-electron chi connectivity index (χ0n) is 9.96. The Kier molecular flexibility index (Phi) is 4.31. The Hall–Kier alpha value is -1.16. The van der Waals surface area contributed by atoms with Gasteiger partial charge in [0.15, 0.2) is 0 Å². The maximum atomic E-state index is 9.70. The Labute approximate surface area is 102 Å². The van der Waals surface area contributed by atoms with Crippen molar-refractivity contribution in [2.45, 2.75) is 18.8 Å². The Balaban J connectivity index is 1.91.